The Labute approximate surface area is 211 Å². The molecule has 1 amide bonds. The van der Waals surface area contributed by atoms with Crippen molar-refractivity contribution in [2.24, 2.45) is 0 Å². The maximum Gasteiger partial charge on any atom is 0.271 e. The highest BCUT2D eigenvalue weighted by Crippen LogP contribution is 2.31. The van der Waals surface area contributed by atoms with Gasteiger partial charge in [0.25, 0.3) is 11.6 Å². The first-order chi connectivity index (χ1) is 16.8. The van der Waals surface area contributed by atoms with Gasteiger partial charge < -0.3 is 14.8 Å². The lowest BCUT2D eigenvalue weighted by Crippen LogP contribution is -2.14. The summed E-state index contributed by atoms with van der Waals surface area (Å²) < 4.78 is 11.5. The third-order valence-electron chi connectivity index (χ3n) is 4.64. The van der Waals surface area contributed by atoms with Crippen LogP contribution in [0.1, 0.15) is 18.1 Å². The van der Waals surface area contributed by atoms with Gasteiger partial charge in [0.1, 0.15) is 18.2 Å². The number of halogens is 2. The Kier molecular flexibility index (Phi) is 8.68. The number of nitrogens with one attached hydrogen (secondary N) is 1. The fourth-order valence-corrected chi connectivity index (χ4v) is 3.40. The molecule has 0 aromatic heterocycles. The van der Waals surface area contributed by atoms with Crippen LogP contribution in [0.25, 0.3) is 6.08 Å². The van der Waals surface area contributed by atoms with E-state index in [1.807, 2.05) is 25.1 Å². The number of non-ortho nitro benzene ring substituents is 1. The van der Waals surface area contributed by atoms with Crippen LogP contribution in [0.4, 0.5) is 11.4 Å². The lowest BCUT2D eigenvalue weighted by Gasteiger charge is -2.13. The van der Waals surface area contributed by atoms with Crippen LogP contribution >= 0.6 is 23.2 Å². The van der Waals surface area contributed by atoms with Gasteiger partial charge in [-0.1, -0.05) is 41.4 Å². The molecule has 0 aliphatic rings. The molecular formula is C25H19Cl2N3O5. The Bertz CT molecular complexity index is 1330. The number of nitrogens with zero attached hydrogens (tertiary/aromatic N) is 2. The second-order valence-corrected chi connectivity index (χ2v) is 7.95. The molecule has 0 aliphatic heterocycles. The SMILES string of the molecule is CCOc1cc(/C=C(\C#N)C(=O)Nc2cc([N+](=O)[O-])ccc2Cl)ccc1OCc1cccc(Cl)c1. The van der Waals surface area contributed by atoms with Crippen molar-refractivity contribution in [1.82, 2.24) is 0 Å². The average Bonchev–Trinajstić information content (AvgIpc) is 2.83. The first-order valence-electron chi connectivity index (χ1n) is 10.3. The topological polar surface area (TPSA) is 114 Å². The fourth-order valence-electron chi connectivity index (χ4n) is 3.02. The molecule has 0 spiro atoms. The van der Waals surface area contributed by atoms with Gasteiger partial charge in [0.05, 0.1) is 22.2 Å². The van der Waals surface area contributed by atoms with Crippen molar-refractivity contribution in [2.75, 3.05) is 11.9 Å². The van der Waals surface area contributed by atoms with Crippen LogP contribution in [0, 0.1) is 21.4 Å². The summed E-state index contributed by atoms with van der Waals surface area (Å²) in [6.45, 7) is 2.46. The summed E-state index contributed by atoms with van der Waals surface area (Å²) in [5.74, 6) is 0.146. The van der Waals surface area contributed by atoms with Gasteiger partial charge in [-0.2, -0.15) is 5.26 Å². The normalized spacial score (nSPS) is 10.9. The van der Waals surface area contributed by atoms with Crippen LogP contribution in [0.15, 0.2) is 66.2 Å². The van der Waals surface area contributed by atoms with Gasteiger partial charge in [0, 0.05) is 17.2 Å². The van der Waals surface area contributed by atoms with Gasteiger partial charge in [-0.15, -0.1) is 0 Å². The van der Waals surface area contributed by atoms with E-state index in [9.17, 15) is 20.2 Å². The van der Waals surface area contributed by atoms with E-state index in [0.717, 1.165) is 11.6 Å². The highest BCUT2D eigenvalue weighted by molar-refractivity contribution is 6.34. The van der Waals surface area contributed by atoms with E-state index in [-0.39, 0.29) is 28.6 Å². The van der Waals surface area contributed by atoms with Gasteiger partial charge in [0.15, 0.2) is 11.5 Å². The number of benzene rings is 3. The average molecular weight is 512 g/mol. The highest BCUT2D eigenvalue weighted by Gasteiger charge is 2.16. The number of nitriles is 1. The third kappa shape index (κ3) is 6.96. The van der Waals surface area contributed by atoms with Crippen LogP contribution in [0.5, 0.6) is 11.5 Å². The minimum Gasteiger partial charge on any atom is -0.490 e. The van der Waals surface area contributed by atoms with E-state index < -0.39 is 10.8 Å². The van der Waals surface area contributed by atoms with Crippen molar-refractivity contribution >= 4 is 46.6 Å². The van der Waals surface area contributed by atoms with Gasteiger partial charge >= 0.3 is 0 Å². The fraction of sp³-hybridized carbons (Fsp3) is 0.120. The van der Waals surface area contributed by atoms with Crippen LogP contribution in [0.2, 0.25) is 10.0 Å². The smallest absolute Gasteiger partial charge is 0.271 e. The Hall–Kier alpha value is -4.06. The number of carbonyl (C=O) groups excluding carboxylic acids is 1. The lowest BCUT2D eigenvalue weighted by atomic mass is 10.1. The summed E-state index contributed by atoms with van der Waals surface area (Å²) in [6, 6.07) is 17.7. The summed E-state index contributed by atoms with van der Waals surface area (Å²) in [7, 11) is 0. The Balaban J connectivity index is 1.81. The molecule has 1 N–H and O–H groups in total. The molecule has 0 saturated heterocycles. The molecule has 0 atom stereocenters. The number of rotatable bonds is 9. The number of ether oxygens (including phenoxy) is 2. The van der Waals surface area contributed by atoms with E-state index in [2.05, 4.69) is 5.32 Å². The Morgan fingerprint density at radius 3 is 2.60 bits per heavy atom. The molecule has 0 unspecified atom stereocenters. The zero-order chi connectivity index (χ0) is 25.4. The van der Waals surface area contributed by atoms with Crippen molar-refractivity contribution in [1.29, 1.82) is 5.26 Å². The standard InChI is InChI=1S/C25H19Cl2N3O5/c1-2-34-24-12-16(6-9-23(24)35-15-17-4-3-5-19(26)11-17)10-18(14-28)25(31)29-22-13-20(30(32)33)7-8-21(22)27/h3-13H,2,15H2,1H3,(H,29,31)/b18-10+. The van der Waals surface area contributed by atoms with E-state index in [1.165, 1.54) is 18.2 Å². The Morgan fingerprint density at radius 1 is 1.11 bits per heavy atom. The number of nitro groups is 1. The largest absolute Gasteiger partial charge is 0.490 e. The molecule has 178 valence electrons. The number of carbonyl (C=O) groups is 1. The first kappa shape index (κ1) is 25.6. The number of hydrogen-bond donors (Lipinski definition) is 1. The zero-order valence-electron chi connectivity index (χ0n) is 18.5. The number of anilines is 1. The summed E-state index contributed by atoms with van der Waals surface area (Å²) >= 11 is 12.0. The molecule has 0 fully saturated rings. The predicted molar refractivity (Wildman–Crippen MR) is 134 cm³/mol. The molecule has 8 nitrogen and oxygen atoms in total. The molecule has 0 radical (unpaired) electrons. The third-order valence-corrected chi connectivity index (χ3v) is 5.20. The second kappa shape index (κ2) is 11.9. The maximum absolute atomic E-state index is 12.6. The summed E-state index contributed by atoms with van der Waals surface area (Å²) in [5, 5.41) is 23.7. The van der Waals surface area contributed by atoms with Crippen molar-refractivity contribution in [3.05, 3.63) is 97.5 Å². The maximum atomic E-state index is 12.6. The minimum absolute atomic E-state index is 0.0202. The molecule has 3 aromatic carbocycles. The first-order valence-corrected chi connectivity index (χ1v) is 11.1. The summed E-state index contributed by atoms with van der Waals surface area (Å²) in [5.41, 5.74) is 0.934. The highest BCUT2D eigenvalue weighted by atomic mass is 35.5. The molecule has 0 aliphatic carbocycles. The van der Waals surface area contributed by atoms with Crippen molar-refractivity contribution in [3.8, 4) is 17.6 Å². The Morgan fingerprint density at radius 2 is 1.91 bits per heavy atom. The van der Waals surface area contributed by atoms with Crippen molar-refractivity contribution in [2.45, 2.75) is 13.5 Å². The number of nitro benzene ring substituents is 1. The molecular weight excluding hydrogens is 493 g/mol. The van der Waals surface area contributed by atoms with E-state index in [4.69, 9.17) is 32.7 Å². The molecule has 3 rings (SSSR count). The second-order valence-electron chi connectivity index (χ2n) is 7.10. The zero-order valence-corrected chi connectivity index (χ0v) is 20.0. The lowest BCUT2D eigenvalue weighted by molar-refractivity contribution is -0.384. The molecule has 0 bridgehead atoms. The van der Waals surface area contributed by atoms with Gasteiger partial charge in [0.2, 0.25) is 0 Å². The van der Waals surface area contributed by atoms with Crippen molar-refractivity contribution in [3.63, 3.8) is 0 Å². The van der Waals surface area contributed by atoms with E-state index >= 15 is 0 Å². The van der Waals surface area contributed by atoms with Crippen LogP contribution in [-0.4, -0.2) is 17.4 Å². The predicted octanol–water partition coefficient (Wildman–Crippen LogP) is 6.42. The minimum atomic E-state index is -0.769. The monoisotopic (exact) mass is 511 g/mol. The van der Waals surface area contributed by atoms with E-state index in [1.54, 1.807) is 30.3 Å². The number of amides is 1. The van der Waals surface area contributed by atoms with Crippen LogP contribution < -0.4 is 14.8 Å². The molecule has 3 aromatic rings. The van der Waals surface area contributed by atoms with E-state index in [0.29, 0.717) is 28.7 Å². The molecule has 10 heteroatoms. The number of hydrogen-bond acceptors (Lipinski definition) is 6. The van der Waals surface area contributed by atoms with Gasteiger partial charge in [-0.3, -0.25) is 14.9 Å². The van der Waals surface area contributed by atoms with Gasteiger partial charge in [-0.05, 0) is 54.5 Å². The van der Waals surface area contributed by atoms with Gasteiger partial charge in [-0.25, -0.2) is 0 Å². The quantitative estimate of drug-likeness (QED) is 0.153. The van der Waals surface area contributed by atoms with Crippen LogP contribution in [-0.2, 0) is 11.4 Å². The summed E-state index contributed by atoms with van der Waals surface area (Å²) in [6.07, 6.45) is 1.36. The molecule has 0 heterocycles. The van der Waals surface area contributed by atoms with Crippen LogP contribution in [0.3, 0.4) is 0 Å². The summed E-state index contributed by atoms with van der Waals surface area (Å²) in [4.78, 5) is 23.0. The van der Waals surface area contributed by atoms with Crippen molar-refractivity contribution < 1.29 is 19.2 Å². The molecule has 35 heavy (non-hydrogen) atoms. The molecule has 0 saturated carbocycles.